The van der Waals surface area contributed by atoms with Crippen molar-refractivity contribution in [1.29, 1.82) is 5.26 Å². The lowest BCUT2D eigenvalue weighted by molar-refractivity contribution is -0.134. The van der Waals surface area contributed by atoms with Gasteiger partial charge in [-0.15, -0.1) is 0 Å². The summed E-state index contributed by atoms with van der Waals surface area (Å²) in [4.78, 5) is 20.0. The van der Waals surface area contributed by atoms with E-state index >= 15 is 0 Å². The first-order valence-corrected chi connectivity index (χ1v) is 7.89. The van der Waals surface area contributed by atoms with E-state index in [-0.39, 0.29) is 12.5 Å². The topological polar surface area (TPSA) is 90.8 Å². The number of nitriles is 1. The Kier molecular flexibility index (Phi) is 4.40. The van der Waals surface area contributed by atoms with Crippen molar-refractivity contribution in [3.05, 3.63) is 59.9 Å². The molecule has 6 nitrogen and oxygen atoms in total. The monoisotopic (exact) mass is 334 g/mol. The number of nitrogens with one attached hydrogen (secondary N) is 2. The number of aromatic nitrogens is 2. The molecule has 1 amide bonds. The number of para-hydroxylation sites is 2. The first kappa shape index (κ1) is 16.5. The number of fused-ring (bicyclic) bond motifs is 1. The molecule has 0 unspecified atom stereocenters. The molecule has 3 rings (SSSR count). The second kappa shape index (κ2) is 6.65. The third kappa shape index (κ3) is 3.78. The smallest absolute Gasteiger partial charge is 0.263 e. The summed E-state index contributed by atoms with van der Waals surface area (Å²) >= 11 is 0. The molecule has 126 valence electrons. The number of ether oxygens (including phenoxy) is 1. The van der Waals surface area contributed by atoms with Crippen LogP contribution in [0.2, 0.25) is 0 Å². The largest absolute Gasteiger partial charge is 0.478 e. The maximum Gasteiger partial charge on any atom is 0.263 e. The summed E-state index contributed by atoms with van der Waals surface area (Å²) in [5, 5.41) is 11.6. The predicted molar refractivity (Wildman–Crippen MR) is 93.8 cm³/mol. The SMILES string of the molecule is CC(C)(Oc1ccc(C#N)cc1)C(=O)NCc1nc2ccccc2[nH]1. The van der Waals surface area contributed by atoms with Gasteiger partial charge in [-0.2, -0.15) is 5.26 Å². The van der Waals surface area contributed by atoms with Crippen molar-refractivity contribution in [2.24, 2.45) is 0 Å². The van der Waals surface area contributed by atoms with Gasteiger partial charge in [0.1, 0.15) is 11.6 Å². The number of hydrogen-bond donors (Lipinski definition) is 2. The number of hydrogen-bond acceptors (Lipinski definition) is 4. The number of carbonyl (C=O) groups excluding carboxylic acids is 1. The van der Waals surface area contributed by atoms with Crippen LogP contribution in [0.1, 0.15) is 25.2 Å². The van der Waals surface area contributed by atoms with Gasteiger partial charge in [0.25, 0.3) is 5.91 Å². The van der Waals surface area contributed by atoms with Gasteiger partial charge < -0.3 is 15.0 Å². The highest BCUT2D eigenvalue weighted by Gasteiger charge is 2.29. The van der Waals surface area contributed by atoms with E-state index in [9.17, 15) is 4.79 Å². The molecule has 3 aromatic rings. The molecule has 1 heterocycles. The molecule has 0 radical (unpaired) electrons. The lowest BCUT2D eigenvalue weighted by atomic mass is 10.1. The molecule has 25 heavy (non-hydrogen) atoms. The highest BCUT2D eigenvalue weighted by atomic mass is 16.5. The number of imidazole rings is 1. The van der Waals surface area contributed by atoms with Crippen molar-refractivity contribution >= 4 is 16.9 Å². The van der Waals surface area contributed by atoms with Crippen LogP contribution in [0.3, 0.4) is 0 Å². The van der Waals surface area contributed by atoms with E-state index in [1.165, 1.54) is 0 Å². The van der Waals surface area contributed by atoms with Gasteiger partial charge in [-0.1, -0.05) is 12.1 Å². The fourth-order valence-corrected chi connectivity index (χ4v) is 2.40. The van der Waals surface area contributed by atoms with Crippen molar-refractivity contribution in [2.75, 3.05) is 0 Å². The Bertz CT molecular complexity index is 903. The fraction of sp³-hybridized carbons (Fsp3) is 0.211. The van der Waals surface area contributed by atoms with Crippen molar-refractivity contribution in [1.82, 2.24) is 15.3 Å². The van der Waals surface area contributed by atoms with E-state index in [0.717, 1.165) is 11.0 Å². The van der Waals surface area contributed by atoms with Crippen molar-refractivity contribution in [3.63, 3.8) is 0 Å². The van der Waals surface area contributed by atoms with Crippen molar-refractivity contribution in [2.45, 2.75) is 26.0 Å². The zero-order valence-electron chi connectivity index (χ0n) is 14.0. The lowest BCUT2D eigenvalue weighted by Gasteiger charge is -2.25. The van der Waals surface area contributed by atoms with Gasteiger partial charge in [-0.3, -0.25) is 4.79 Å². The molecule has 0 aliphatic carbocycles. The van der Waals surface area contributed by atoms with Gasteiger partial charge in [-0.05, 0) is 50.2 Å². The van der Waals surface area contributed by atoms with Gasteiger partial charge in [0.15, 0.2) is 5.60 Å². The number of H-pyrrole nitrogens is 1. The summed E-state index contributed by atoms with van der Waals surface area (Å²) in [6.45, 7) is 3.67. The van der Waals surface area contributed by atoms with Crippen LogP contribution in [0.15, 0.2) is 48.5 Å². The first-order chi connectivity index (χ1) is 12.0. The summed E-state index contributed by atoms with van der Waals surface area (Å²) < 4.78 is 5.76. The van der Waals surface area contributed by atoms with E-state index in [4.69, 9.17) is 10.00 Å². The quantitative estimate of drug-likeness (QED) is 0.750. The molecule has 2 N–H and O–H groups in total. The molecular weight excluding hydrogens is 316 g/mol. The van der Waals surface area contributed by atoms with Crippen LogP contribution < -0.4 is 10.1 Å². The number of amides is 1. The predicted octanol–water partition coefficient (Wildman–Crippen LogP) is 2.91. The molecule has 6 heteroatoms. The second-order valence-corrected chi connectivity index (χ2v) is 6.13. The average Bonchev–Trinajstić information content (AvgIpc) is 3.03. The molecule has 0 saturated heterocycles. The van der Waals surface area contributed by atoms with E-state index in [1.807, 2.05) is 30.3 Å². The summed E-state index contributed by atoms with van der Waals surface area (Å²) in [5.74, 6) is 0.962. The van der Waals surface area contributed by atoms with Crippen LogP contribution in [0.4, 0.5) is 0 Å². The standard InChI is InChI=1S/C19H18N4O2/c1-19(2,25-14-9-7-13(11-20)8-10-14)18(24)21-12-17-22-15-5-3-4-6-16(15)23-17/h3-10H,12H2,1-2H3,(H,21,24)(H,22,23). The Morgan fingerprint density at radius 2 is 1.96 bits per heavy atom. The van der Waals surface area contributed by atoms with Crippen molar-refractivity contribution in [3.8, 4) is 11.8 Å². The minimum atomic E-state index is -1.06. The Labute approximate surface area is 145 Å². The average molecular weight is 334 g/mol. The molecule has 0 fully saturated rings. The van der Waals surface area contributed by atoms with E-state index in [0.29, 0.717) is 17.1 Å². The zero-order chi connectivity index (χ0) is 17.9. The van der Waals surface area contributed by atoms with Crippen LogP contribution in [0, 0.1) is 11.3 Å². The number of aromatic amines is 1. The summed E-state index contributed by atoms with van der Waals surface area (Å²) in [6.07, 6.45) is 0. The molecule has 0 aliphatic rings. The third-order valence-electron chi connectivity index (χ3n) is 3.76. The van der Waals surface area contributed by atoms with Crippen LogP contribution in [-0.4, -0.2) is 21.5 Å². The van der Waals surface area contributed by atoms with E-state index in [1.54, 1.807) is 38.1 Å². The van der Waals surface area contributed by atoms with Gasteiger partial charge in [-0.25, -0.2) is 4.98 Å². The normalized spacial score (nSPS) is 11.1. The maximum atomic E-state index is 12.5. The van der Waals surface area contributed by atoms with Crippen LogP contribution in [-0.2, 0) is 11.3 Å². The lowest BCUT2D eigenvalue weighted by Crippen LogP contribution is -2.46. The number of rotatable bonds is 5. The Balaban J connectivity index is 1.63. The summed E-state index contributed by atoms with van der Waals surface area (Å²) in [6, 6.07) is 16.4. The van der Waals surface area contributed by atoms with Crippen LogP contribution in [0.5, 0.6) is 5.75 Å². The highest BCUT2D eigenvalue weighted by molar-refractivity contribution is 5.84. The second-order valence-electron chi connectivity index (χ2n) is 6.13. The highest BCUT2D eigenvalue weighted by Crippen LogP contribution is 2.19. The van der Waals surface area contributed by atoms with Crippen molar-refractivity contribution < 1.29 is 9.53 Å². The maximum absolute atomic E-state index is 12.5. The third-order valence-corrected chi connectivity index (χ3v) is 3.76. The summed E-state index contributed by atoms with van der Waals surface area (Å²) in [5.41, 5.74) is 1.28. The van der Waals surface area contributed by atoms with Crippen LogP contribution in [0.25, 0.3) is 11.0 Å². The minimum absolute atomic E-state index is 0.252. The summed E-state index contributed by atoms with van der Waals surface area (Å²) in [7, 11) is 0. The number of carbonyl (C=O) groups is 1. The molecule has 0 spiro atoms. The minimum Gasteiger partial charge on any atom is -0.478 e. The van der Waals surface area contributed by atoms with Gasteiger partial charge in [0, 0.05) is 0 Å². The van der Waals surface area contributed by atoms with E-state index in [2.05, 4.69) is 15.3 Å². The zero-order valence-corrected chi connectivity index (χ0v) is 14.0. The Hall–Kier alpha value is -3.33. The van der Waals surface area contributed by atoms with Crippen LogP contribution >= 0.6 is 0 Å². The molecule has 1 aromatic heterocycles. The molecular formula is C19H18N4O2. The van der Waals surface area contributed by atoms with E-state index < -0.39 is 5.60 Å². The molecule has 0 bridgehead atoms. The number of benzene rings is 2. The van der Waals surface area contributed by atoms with Gasteiger partial charge in [0.2, 0.25) is 0 Å². The molecule has 0 saturated carbocycles. The van der Waals surface area contributed by atoms with Gasteiger partial charge >= 0.3 is 0 Å². The molecule has 0 atom stereocenters. The molecule has 0 aliphatic heterocycles. The molecule has 2 aromatic carbocycles. The number of nitrogens with zero attached hydrogens (tertiary/aromatic N) is 2. The van der Waals surface area contributed by atoms with Gasteiger partial charge in [0.05, 0.1) is 29.2 Å². The fourth-order valence-electron chi connectivity index (χ4n) is 2.40. The first-order valence-electron chi connectivity index (χ1n) is 7.89. The Morgan fingerprint density at radius 1 is 1.24 bits per heavy atom. The Morgan fingerprint density at radius 3 is 2.64 bits per heavy atom.